The van der Waals surface area contributed by atoms with E-state index in [2.05, 4.69) is 39.5 Å². The highest BCUT2D eigenvalue weighted by Gasteiger charge is 2.93. The Bertz CT molecular complexity index is 6250. The zero-order valence-corrected chi connectivity index (χ0v) is 83.9. The number of fused-ring (bicyclic) bond motifs is 8. The first-order valence-electron chi connectivity index (χ1n) is 53.9. The Morgan fingerprint density at radius 3 is 1.05 bits per heavy atom. The first-order chi connectivity index (χ1) is 68.7. The van der Waals surface area contributed by atoms with Gasteiger partial charge in [0.2, 0.25) is 0 Å². The van der Waals surface area contributed by atoms with Crippen LogP contribution in [0.15, 0.2) is 109 Å². The van der Waals surface area contributed by atoms with Gasteiger partial charge in [0, 0.05) is 83.9 Å². The molecule has 0 aromatic carbocycles. The lowest BCUT2D eigenvalue weighted by molar-refractivity contribution is -0.166. The Hall–Kier alpha value is -9.06. The zero-order valence-electron chi connectivity index (χ0n) is 83.9. The van der Waals surface area contributed by atoms with E-state index in [1.165, 1.54) is 5.57 Å². The van der Waals surface area contributed by atoms with E-state index >= 15 is 0 Å². The van der Waals surface area contributed by atoms with E-state index in [-0.39, 0.29) is 76.9 Å². The normalized spacial score (nSPS) is 58.5. The van der Waals surface area contributed by atoms with E-state index in [9.17, 15) is 129 Å². The molecule has 0 aromatic heterocycles. The fourth-order valence-corrected chi connectivity index (χ4v) is 44.8. The molecule has 790 valence electrons. The molecule has 147 heavy (non-hydrogen) atoms. The fourth-order valence-electron chi connectivity index (χ4n) is 44.8. The fraction of sp³-hybridized carbons (Fsp3) is 0.737. The van der Waals surface area contributed by atoms with E-state index in [1.807, 2.05) is 32.1 Å². The molecule has 33 heteroatoms. The van der Waals surface area contributed by atoms with Gasteiger partial charge in [0.1, 0.15) is 56.0 Å². The molecule has 0 unspecified atom stereocenters. The molecule has 21 saturated carbocycles. The van der Waals surface area contributed by atoms with Gasteiger partial charge < -0.3 is 105 Å². The first-order valence-corrected chi connectivity index (χ1v) is 53.9. The second-order valence-corrected chi connectivity index (χ2v) is 54.4. The molecule has 0 radical (unpaired) electrons. The summed E-state index contributed by atoms with van der Waals surface area (Å²) in [5.74, 6) is -14.5. The van der Waals surface area contributed by atoms with E-state index < -0.39 is 259 Å². The molecule has 7 saturated heterocycles. The van der Waals surface area contributed by atoms with Crippen molar-refractivity contribution in [2.24, 2.45) is 183 Å². The monoisotopic (exact) mass is 2030 g/mol. The zero-order chi connectivity index (χ0) is 105. The van der Waals surface area contributed by atoms with Crippen LogP contribution in [-0.2, 0) is 90.7 Å². The highest BCUT2D eigenvalue weighted by molar-refractivity contribution is 5.92. The number of aliphatic hydroxyl groups excluding tert-OH is 4. The summed E-state index contributed by atoms with van der Waals surface area (Å²) in [6.07, 6.45) is 25.1. The smallest absolute Gasteiger partial charge is 0.316 e. The van der Waals surface area contributed by atoms with Gasteiger partial charge in [-0.15, -0.1) is 0 Å². The van der Waals surface area contributed by atoms with Gasteiger partial charge in [-0.05, 0) is 300 Å². The second-order valence-electron chi connectivity index (χ2n) is 54.4. The van der Waals surface area contributed by atoms with Crippen molar-refractivity contribution in [1.82, 2.24) is 0 Å². The van der Waals surface area contributed by atoms with Crippen LogP contribution in [0.25, 0.3) is 0 Å². The Morgan fingerprint density at radius 2 is 0.633 bits per heavy atom. The number of ether oxygens (including phenoxy) is 7. The Balaban J connectivity index is 0.0000000895. The SMILES string of the molecule is C=C1C[C@]23C[C@@]1(O)CC[C@H]2[C@@]12C=C[C@H](O)[C@@](C)(C(=O)O1)[C@H]2[C@@H]3C(=O)O.C=C1C[C@]23C[C@@]1(O)CC[C@H]2[C@@]12CC=C[C@@](C)(C(=O)O1)[C@H]2[C@@H]3C(=O)O.C=C1C[C@]23C[C@@]1(O)CC[C@H]2[C@@]12CC[C@H](O)[C@@](C)(C(=O)O1)[C@H]2[C@@H]3C(=O)O.C=C1C[C@]23C[C@@]1(O)CC[C@H]2[C@@]12C[C@@H]4O[C@@H]4[C@@](C)(C(=O)O1)[C@H]2[C@@H]3C(=O)O.C=C1C[C@]23C[C@H]1CC[C@H]2[C@@]12C=C[C@H](O)[C@@](C)(C(=O)O1)[C@H]2[C@@H]3C(=O)O.C=C1C[C@]23C[C@H]1CC[C@H]2[C@@]12CC[C@H](O)[C@@](C)(C(=O)O1)[C@H]2[C@@H]3C(=O)O. The van der Waals surface area contributed by atoms with E-state index in [0.29, 0.717) is 171 Å². The molecule has 24 bridgehead atoms. The summed E-state index contributed by atoms with van der Waals surface area (Å²) in [5, 5.41) is 147. The van der Waals surface area contributed by atoms with Crippen molar-refractivity contribution in [1.29, 1.82) is 0 Å². The van der Waals surface area contributed by atoms with Gasteiger partial charge in [-0.2, -0.15) is 0 Å². The van der Waals surface area contributed by atoms with Crippen molar-refractivity contribution in [3.63, 3.8) is 0 Å². The van der Waals surface area contributed by atoms with Crippen molar-refractivity contribution in [3.05, 3.63) is 109 Å². The van der Waals surface area contributed by atoms with Crippen LogP contribution in [0.3, 0.4) is 0 Å². The Morgan fingerprint density at radius 1 is 0.320 bits per heavy atom. The number of hydrogen-bond acceptors (Lipinski definition) is 27. The molecule has 0 aromatic rings. The number of carboxylic acids is 6. The quantitative estimate of drug-likeness (QED) is 0.0509. The van der Waals surface area contributed by atoms with Crippen molar-refractivity contribution in [2.45, 2.75) is 327 Å². The molecule has 31 rings (SSSR count). The molecule has 7 heterocycles. The molecule has 33 nitrogen and oxygen atoms in total. The maximum atomic E-state index is 12.8. The first kappa shape index (κ1) is 97.4. The molecule has 24 aliphatic carbocycles. The van der Waals surface area contributed by atoms with Crippen LogP contribution in [0, 0.1) is 183 Å². The number of allylic oxidation sites excluding steroid dienone is 2. The van der Waals surface area contributed by atoms with E-state index in [4.69, 9.17) is 33.2 Å². The average Bonchev–Trinajstić information content (AvgIpc) is 1.45. The molecular formula is C114H136O33. The molecule has 6 spiro atoms. The maximum absolute atomic E-state index is 12.8. The van der Waals surface area contributed by atoms with Crippen LogP contribution in [0.4, 0.5) is 0 Å². The number of aliphatic carboxylic acids is 6. The van der Waals surface area contributed by atoms with Gasteiger partial charge in [0.25, 0.3) is 0 Å². The minimum absolute atomic E-state index is 0.00104. The maximum Gasteiger partial charge on any atom is 0.316 e. The molecule has 14 N–H and O–H groups in total. The number of hydrogen-bond donors (Lipinski definition) is 14. The van der Waals surface area contributed by atoms with Crippen LogP contribution in [-0.4, -0.2) is 236 Å². The third-order valence-electron chi connectivity index (χ3n) is 49.9. The summed E-state index contributed by atoms with van der Waals surface area (Å²) in [4.78, 5) is 151. The third kappa shape index (κ3) is 10.5. The topological polar surface area (TPSA) is 556 Å². The highest BCUT2D eigenvalue weighted by Crippen LogP contribution is 2.87. The van der Waals surface area contributed by atoms with Crippen LogP contribution in [0.1, 0.15) is 234 Å². The standard InChI is InChI=1S/C19H22O6.C19H24O6.C19H22O6.C19H22O5.C19H24O5.C19H22O5/c1-8-5-17-7-18(8,23)4-3-10(17)19-6-9-13(24-9)16(2,15(22)25-19)12(19)11(17)14(20)21;2*1-9-7-17-8-18(9,24)5-3-10(17)19-6-4-11(20)16(2,15(23)25-19)13(19)12(17)14(21)22;1-10-8-17-9-18(10,23)7-4-11(17)19-6-3-5-16(2,15(22)24-19)13(19)12(17)14(20)21;2*1-9-7-18-8-10(9)3-4-11(18)19-6-5-12(20)17(2,16(23)24-19)14(19)13(18)15(21)22/h9-13,23H,1,3-7H2,2H3,(H,20,21);10-13,20,24H,1,3-8H2,2H3,(H,21,22);4,6,10-13,20,24H,1,3,5,7-8H2,2H3,(H,21,22);3,5,11-13,23H,1,4,6-9H2,2H3,(H,20,21);10-14,20H,1,3-8H2,2H3,(H,21,22);5-6,10-14,20H,1,3-4,7-8H2,2H3,(H,21,22)/t9-,10+,11+,12+,13-,16-,17-,18-,19+;2*10-,11+,12-,13-,16-,17+,18+,19-;11-,12-,13-,16-,17+,18+,19-;2*10-,11-,12+,13-,14-,17-,18+,19-/m011111/s1. The number of esters is 6. The number of rotatable bonds is 6. The van der Waals surface area contributed by atoms with Crippen LogP contribution < -0.4 is 0 Å². The predicted molar refractivity (Wildman–Crippen MR) is 505 cm³/mol. The van der Waals surface area contributed by atoms with Crippen LogP contribution in [0.5, 0.6) is 0 Å². The van der Waals surface area contributed by atoms with Gasteiger partial charge in [-0.1, -0.05) is 74.9 Å². The summed E-state index contributed by atoms with van der Waals surface area (Å²) >= 11 is 0. The average molecular weight is 2030 g/mol. The number of carbonyl (C=O) groups is 12. The summed E-state index contributed by atoms with van der Waals surface area (Å²) in [7, 11) is 0. The highest BCUT2D eigenvalue weighted by atomic mass is 16.6. The van der Waals surface area contributed by atoms with Crippen molar-refractivity contribution in [2.75, 3.05) is 0 Å². The van der Waals surface area contributed by atoms with Gasteiger partial charge in [0.05, 0.1) is 105 Å². The number of carbonyl (C=O) groups excluding carboxylic acids is 6. The number of epoxide rings is 1. The summed E-state index contributed by atoms with van der Waals surface area (Å²) in [5.41, 5.74) is -13.2. The van der Waals surface area contributed by atoms with Crippen molar-refractivity contribution >= 4 is 71.6 Å². The van der Waals surface area contributed by atoms with Crippen LogP contribution >= 0.6 is 0 Å². The van der Waals surface area contributed by atoms with Gasteiger partial charge in [-0.25, -0.2) is 0 Å². The van der Waals surface area contributed by atoms with E-state index in [0.717, 1.165) is 61.7 Å². The second kappa shape index (κ2) is 28.5. The minimum Gasteiger partial charge on any atom is -0.481 e. The summed E-state index contributed by atoms with van der Waals surface area (Å²) in [6.45, 7) is 35.0. The van der Waals surface area contributed by atoms with Crippen molar-refractivity contribution in [3.8, 4) is 0 Å². The Kier molecular flexibility index (Phi) is 18.9. The van der Waals surface area contributed by atoms with E-state index in [1.54, 1.807) is 45.9 Å². The lowest BCUT2D eigenvalue weighted by Gasteiger charge is -2.45. The number of aliphatic hydroxyl groups is 8. The molecule has 7 aliphatic heterocycles. The lowest BCUT2D eigenvalue weighted by Crippen LogP contribution is -2.53. The number of carboxylic acid groups (broad SMARTS) is 6. The molecular weight excluding hydrogens is 1900 g/mol. The summed E-state index contributed by atoms with van der Waals surface area (Å²) < 4.78 is 41.6. The van der Waals surface area contributed by atoms with Crippen molar-refractivity contribution < 1.29 is 162 Å². The predicted octanol–water partition coefficient (Wildman–Crippen LogP) is 9.65. The minimum atomic E-state index is -1.27. The molecule has 31 aliphatic rings. The Labute approximate surface area is 848 Å². The lowest BCUT2D eigenvalue weighted by atomic mass is 9.59. The molecule has 48 atom stereocenters. The third-order valence-corrected chi connectivity index (χ3v) is 49.9. The van der Waals surface area contributed by atoms with Gasteiger partial charge in [-0.3, -0.25) is 57.5 Å². The molecule has 0 amide bonds. The molecule has 28 fully saturated rings. The summed E-state index contributed by atoms with van der Waals surface area (Å²) in [6, 6.07) is 0. The van der Waals surface area contributed by atoms with Gasteiger partial charge in [0.15, 0.2) is 0 Å². The van der Waals surface area contributed by atoms with Crippen LogP contribution in [0.2, 0.25) is 0 Å². The largest absolute Gasteiger partial charge is 0.481 e. The van der Waals surface area contributed by atoms with Gasteiger partial charge >= 0.3 is 71.6 Å².